The summed E-state index contributed by atoms with van der Waals surface area (Å²) in [5, 5.41) is 18.9. The van der Waals surface area contributed by atoms with Gasteiger partial charge < -0.3 is 10.2 Å². The van der Waals surface area contributed by atoms with Crippen molar-refractivity contribution in [2.45, 2.75) is 18.4 Å². The largest absolute Gasteiger partial charge is 0.416 e. The van der Waals surface area contributed by atoms with Gasteiger partial charge in [-0.2, -0.15) is 13.2 Å². The lowest BCUT2D eigenvalue weighted by atomic mass is 9.97. The third-order valence-electron chi connectivity index (χ3n) is 2.38. The number of hydrogen-bond acceptors (Lipinski definition) is 3. The van der Waals surface area contributed by atoms with Crippen molar-refractivity contribution in [1.82, 2.24) is 0 Å². The van der Waals surface area contributed by atoms with Gasteiger partial charge in [0.25, 0.3) is 0 Å². The molecule has 0 aromatic heterocycles. The second-order valence-electron chi connectivity index (χ2n) is 3.63. The third-order valence-corrected chi connectivity index (χ3v) is 2.70. The Labute approximate surface area is 106 Å². The van der Waals surface area contributed by atoms with Gasteiger partial charge in [0.1, 0.15) is 12.4 Å². The van der Waals surface area contributed by atoms with E-state index in [1.165, 1.54) is 0 Å². The summed E-state index contributed by atoms with van der Waals surface area (Å²) in [5.41, 5.74) is -1.42. The summed E-state index contributed by atoms with van der Waals surface area (Å²) in [7, 11) is 0. The summed E-state index contributed by atoms with van der Waals surface area (Å²) >= 11 is 5.32. The van der Waals surface area contributed by atoms with Gasteiger partial charge in [-0.1, -0.05) is 6.07 Å². The van der Waals surface area contributed by atoms with Crippen LogP contribution in [0.25, 0.3) is 0 Å². The number of alkyl halides is 4. The third kappa shape index (κ3) is 3.22. The fraction of sp³-hybridized carbons (Fsp3) is 0.364. The lowest BCUT2D eigenvalue weighted by molar-refractivity contribution is -0.137. The molecule has 1 aromatic carbocycles. The van der Waals surface area contributed by atoms with E-state index in [0.29, 0.717) is 6.07 Å². The van der Waals surface area contributed by atoms with Crippen LogP contribution in [0.2, 0.25) is 0 Å². The van der Waals surface area contributed by atoms with Crippen LogP contribution in [0.4, 0.5) is 13.2 Å². The molecule has 1 aromatic rings. The van der Waals surface area contributed by atoms with E-state index in [0.717, 1.165) is 12.1 Å². The lowest BCUT2D eigenvalue weighted by Gasteiger charge is -2.18. The molecule has 3 nitrogen and oxygen atoms in total. The smallest absolute Gasteiger partial charge is 0.389 e. The average molecular weight is 283 g/mol. The fourth-order valence-electron chi connectivity index (χ4n) is 1.41. The fourth-order valence-corrected chi connectivity index (χ4v) is 1.58. The van der Waals surface area contributed by atoms with Crippen LogP contribution in [0.1, 0.15) is 27.6 Å². The SMILES string of the molecule is O=Cc1cc(C(F)(F)F)ccc1C(O)C(O)CCl. The van der Waals surface area contributed by atoms with Gasteiger partial charge in [0, 0.05) is 5.56 Å². The minimum atomic E-state index is -4.58. The molecule has 0 saturated carbocycles. The zero-order valence-corrected chi connectivity index (χ0v) is 9.74. The number of aliphatic hydroxyl groups is 2. The van der Waals surface area contributed by atoms with Crippen molar-refractivity contribution >= 4 is 17.9 Å². The molecule has 2 N–H and O–H groups in total. The van der Waals surface area contributed by atoms with Crippen molar-refractivity contribution in [1.29, 1.82) is 0 Å². The van der Waals surface area contributed by atoms with Gasteiger partial charge in [-0.25, -0.2) is 0 Å². The van der Waals surface area contributed by atoms with Crippen LogP contribution >= 0.6 is 11.6 Å². The highest BCUT2D eigenvalue weighted by Gasteiger charge is 2.32. The predicted octanol–water partition coefficient (Wildman–Crippen LogP) is 2.15. The van der Waals surface area contributed by atoms with Gasteiger partial charge in [0.05, 0.1) is 17.5 Å². The van der Waals surface area contributed by atoms with E-state index >= 15 is 0 Å². The number of aliphatic hydroxyl groups excluding tert-OH is 2. The molecule has 0 fully saturated rings. The molecule has 0 radical (unpaired) electrons. The quantitative estimate of drug-likeness (QED) is 0.657. The molecule has 0 amide bonds. The van der Waals surface area contributed by atoms with Crippen LogP contribution in [-0.4, -0.2) is 28.5 Å². The first-order chi connectivity index (χ1) is 8.31. The van der Waals surface area contributed by atoms with Crippen LogP contribution in [0.15, 0.2) is 18.2 Å². The van der Waals surface area contributed by atoms with Crippen molar-refractivity contribution in [2.24, 2.45) is 0 Å². The number of carbonyl (C=O) groups is 1. The molecule has 100 valence electrons. The molecule has 18 heavy (non-hydrogen) atoms. The maximum Gasteiger partial charge on any atom is 0.416 e. The van der Waals surface area contributed by atoms with Crippen molar-refractivity contribution in [2.75, 3.05) is 5.88 Å². The normalized spacial score (nSPS) is 15.2. The molecule has 0 aliphatic heterocycles. The molecular weight excluding hydrogens is 273 g/mol. The minimum absolute atomic E-state index is 0.0915. The number of aldehydes is 1. The summed E-state index contributed by atoms with van der Waals surface area (Å²) in [4.78, 5) is 10.7. The average Bonchev–Trinajstić information content (AvgIpc) is 2.35. The number of rotatable bonds is 4. The van der Waals surface area contributed by atoms with Gasteiger partial charge in [-0.15, -0.1) is 11.6 Å². The Kier molecular flexibility index (Phi) is 4.72. The molecule has 0 aliphatic carbocycles. The van der Waals surface area contributed by atoms with Gasteiger partial charge in [0.15, 0.2) is 0 Å². The van der Waals surface area contributed by atoms with Crippen LogP contribution < -0.4 is 0 Å². The van der Waals surface area contributed by atoms with Crippen molar-refractivity contribution in [3.05, 3.63) is 34.9 Å². The lowest BCUT2D eigenvalue weighted by Crippen LogP contribution is -2.21. The van der Waals surface area contributed by atoms with Crippen molar-refractivity contribution in [3.63, 3.8) is 0 Å². The molecule has 0 spiro atoms. The Morgan fingerprint density at radius 1 is 1.33 bits per heavy atom. The van der Waals surface area contributed by atoms with E-state index in [-0.39, 0.29) is 23.3 Å². The highest BCUT2D eigenvalue weighted by atomic mass is 35.5. The Morgan fingerprint density at radius 3 is 2.39 bits per heavy atom. The van der Waals surface area contributed by atoms with E-state index in [2.05, 4.69) is 0 Å². The Morgan fingerprint density at radius 2 is 1.94 bits per heavy atom. The number of carbonyl (C=O) groups excluding carboxylic acids is 1. The molecule has 0 bridgehead atoms. The van der Waals surface area contributed by atoms with Crippen molar-refractivity contribution in [3.8, 4) is 0 Å². The van der Waals surface area contributed by atoms with Gasteiger partial charge >= 0.3 is 6.18 Å². The predicted molar refractivity (Wildman–Crippen MR) is 58.5 cm³/mol. The highest BCUT2D eigenvalue weighted by molar-refractivity contribution is 6.18. The van der Waals surface area contributed by atoms with E-state index in [4.69, 9.17) is 11.6 Å². The van der Waals surface area contributed by atoms with E-state index in [9.17, 15) is 28.2 Å². The summed E-state index contributed by atoms with van der Waals surface area (Å²) in [6.07, 6.45) is -7.26. The topological polar surface area (TPSA) is 57.5 Å². The molecule has 7 heteroatoms. The van der Waals surface area contributed by atoms with Crippen LogP contribution in [0, 0.1) is 0 Å². The van der Waals surface area contributed by atoms with Crippen LogP contribution in [-0.2, 0) is 6.18 Å². The number of halogens is 4. The molecule has 1 rings (SSSR count). The van der Waals surface area contributed by atoms with E-state index in [1.807, 2.05) is 0 Å². The summed E-state index contributed by atoms with van der Waals surface area (Å²) in [6.45, 7) is 0. The summed E-state index contributed by atoms with van der Waals surface area (Å²) in [5.74, 6) is -0.305. The maximum absolute atomic E-state index is 12.4. The molecule has 2 atom stereocenters. The number of benzene rings is 1. The monoisotopic (exact) mass is 282 g/mol. The van der Waals surface area contributed by atoms with Gasteiger partial charge in [0.2, 0.25) is 0 Å². The Hall–Kier alpha value is -1.11. The summed E-state index contributed by atoms with van der Waals surface area (Å²) < 4.78 is 37.2. The second-order valence-corrected chi connectivity index (χ2v) is 3.93. The number of hydrogen-bond donors (Lipinski definition) is 2. The molecule has 0 heterocycles. The highest BCUT2D eigenvalue weighted by Crippen LogP contribution is 2.32. The molecule has 0 saturated heterocycles. The first-order valence-corrected chi connectivity index (χ1v) is 5.43. The standard InChI is InChI=1S/C11H10ClF3O3/c12-4-9(17)10(18)8-2-1-7(11(13,14)15)3-6(8)5-16/h1-3,5,9-10,17-18H,4H2. The first kappa shape index (κ1) is 14.9. The molecule has 0 aliphatic rings. The zero-order chi connectivity index (χ0) is 13.9. The van der Waals surface area contributed by atoms with Gasteiger partial charge in [-0.3, -0.25) is 4.79 Å². The zero-order valence-electron chi connectivity index (χ0n) is 8.99. The maximum atomic E-state index is 12.4. The Bertz CT molecular complexity index is 434. The molecule has 2 unspecified atom stereocenters. The summed E-state index contributed by atoms with van der Waals surface area (Å²) in [6, 6.07) is 2.30. The van der Waals surface area contributed by atoms with E-state index < -0.39 is 23.9 Å². The second kappa shape index (κ2) is 5.69. The van der Waals surface area contributed by atoms with E-state index in [1.54, 1.807) is 0 Å². The van der Waals surface area contributed by atoms with Crippen LogP contribution in [0.5, 0.6) is 0 Å². The van der Waals surface area contributed by atoms with Crippen molar-refractivity contribution < 1.29 is 28.2 Å². The molecular formula is C11H10ClF3O3. The van der Waals surface area contributed by atoms with Crippen LogP contribution in [0.3, 0.4) is 0 Å². The first-order valence-electron chi connectivity index (χ1n) is 4.89. The Balaban J connectivity index is 3.20. The van der Waals surface area contributed by atoms with Gasteiger partial charge in [-0.05, 0) is 17.7 Å². The minimum Gasteiger partial charge on any atom is -0.389 e.